The van der Waals surface area contributed by atoms with Crippen LogP contribution in [0.1, 0.15) is 33.3 Å². The Hall–Kier alpha value is -2.67. The van der Waals surface area contributed by atoms with Crippen LogP contribution in [-0.4, -0.2) is 36.1 Å². The summed E-state index contributed by atoms with van der Waals surface area (Å²) in [6.45, 7) is 10.5. The van der Waals surface area contributed by atoms with E-state index in [0.717, 1.165) is 5.56 Å². The van der Waals surface area contributed by atoms with Gasteiger partial charge in [-0.3, -0.25) is 9.59 Å². The lowest BCUT2D eigenvalue weighted by Crippen LogP contribution is -2.36. The Morgan fingerprint density at radius 1 is 1.19 bits per heavy atom. The second kappa shape index (κ2) is 13.5. The van der Waals surface area contributed by atoms with Gasteiger partial charge in [0.15, 0.2) is 0 Å². The first-order valence-electron chi connectivity index (χ1n) is 8.63. The van der Waals surface area contributed by atoms with E-state index in [4.69, 9.17) is 9.84 Å². The molecule has 27 heavy (non-hydrogen) atoms. The number of hydrogen-bond acceptors (Lipinski definition) is 6. The first-order chi connectivity index (χ1) is 12.7. The number of ether oxygens (including phenoxy) is 2. The summed E-state index contributed by atoms with van der Waals surface area (Å²) in [7, 11) is 0. The normalized spacial score (nSPS) is 10.9. The lowest BCUT2D eigenvalue weighted by molar-refractivity contribution is -0.139. The molecule has 0 saturated heterocycles. The standard InChI is InChI=1S/C15H21NO4.C5H8O2/c1-10(2)11(3)15(19)16-8-14(18)20-13-6-4-12(9-17)5-7-13;1-3-4-7-5(2)6/h4-7,10-11,17H,8-9H2,1-3H3,(H,16,19);3H,1,4H2,2H3/t11-;/m0./s1. The molecule has 0 aliphatic rings. The molecule has 0 saturated carbocycles. The predicted octanol–water partition coefficient (Wildman–Crippen LogP) is 2.23. The van der Waals surface area contributed by atoms with Crippen molar-refractivity contribution in [2.24, 2.45) is 11.8 Å². The molecule has 1 atom stereocenters. The third-order valence-electron chi connectivity index (χ3n) is 3.56. The lowest BCUT2D eigenvalue weighted by atomic mass is 9.97. The zero-order valence-corrected chi connectivity index (χ0v) is 16.4. The number of hydrogen-bond donors (Lipinski definition) is 2. The summed E-state index contributed by atoms with van der Waals surface area (Å²) in [6, 6.07) is 6.54. The van der Waals surface area contributed by atoms with Crippen molar-refractivity contribution in [2.75, 3.05) is 13.2 Å². The highest BCUT2D eigenvalue weighted by Crippen LogP contribution is 2.12. The van der Waals surface area contributed by atoms with E-state index in [1.54, 1.807) is 24.3 Å². The van der Waals surface area contributed by atoms with Gasteiger partial charge in [0.1, 0.15) is 18.9 Å². The molecule has 0 unspecified atom stereocenters. The topological polar surface area (TPSA) is 102 Å². The molecular weight excluding hydrogens is 350 g/mol. The number of carbonyl (C=O) groups excluding carboxylic acids is 3. The number of aliphatic hydroxyl groups excluding tert-OH is 1. The van der Waals surface area contributed by atoms with E-state index < -0.39 is 5.97 Å². The number of rotatable bonds is 8. The largest absolute Gasteiger partial charge is 0.462 e. The van der Waals surface area contributed by atoms with Crippen LogP contribution in [0, 0.1) is 11.8 Å². The van der Waals surface area contributed by atoms with Gasteiger partial charge in [-0.25, -0.2) is 4.79 Å². The molecule has 7 heteroatoms. The van der Waals surface area contributed by atoms with Gasteiger partial charge in [-0.15, -0.1) is 0 Å². The Morgan fingerprint density at radius 3 is 2.19 bits per heavy atom. The maximum atomic E-state index is 11.7. The highest BCUT2D eigenvalue weighted by molar-refractivity contribution is 5.84. The number of amides is 1. The number of benzene rings is 1. The first-order valence-corrected chi connectivity index (χ1v) is 8.63. The third-order valence-corrected chi connectivity index (χ3v) is 3.56. The Bertz CT molecular complexity index is 609. The number of nitrogens with one attached hydrogen (secondary N) is 1. The van der Waals surface area contributed by atoms with E-state index in [9.17, 15) is 14.4 Å². The molecule has 0 fully saturated rings. The van der Waals surface area contributed by atoms with Crippen molar-refractivity contribution in [3.63, 3.8) is 0 Å². The molecule has 0 aliphatic heterocycles. The highest BCUT2D eigenvalue weighted by atomic mass is 16.5. The Kier molecular flexibility index (Phi) is 12.2. The lowest BCUT2D eigenvalue weighted by Gasteiger charge is -2.14. The number of esters is 2. The maximum absolute atomic E-state index is 11.7. The van der Waals surface area contributed by atoms with Crippen LogP contribution in [0.15, 0.2) is 36.9 Å². The molecule has 1 aromatic carbocycles. The van der Waals surface area contributed by atoms with Gasteiger partial charge in [0.25, 0.3) is 0 Å². The van der Waals surface area contributed by atoms with Crippen molar-refractivity contribution in [1.82, 2.24) is 5.32 Å². The van der Waals surface area contributed by atoms with Crippen LogP contribution in [0.5, 0.6) is 5.75 Å². The van der Waals surface area contributed by atoms with Crippen molar-refractivity contribution in [2.45, 2.75) is 34.3 Å². The molecule has 0 bridgehead atoms. The molecule has 150 valence electrons. The monoisotopic (exact) mass is 379 g/mol. The summed E-state index contributed by atoms with van der Waals surface area (Å²) < 4.78 is 9.50. The zero-order valence-electron chi connectivity index (χ0n) is 16.4. The smallest absolute Gasteiger partial charge is 0.330 e. The quantitative estimate of drug-likeness (QED) is 0.408. The van der Waals surface area contributed by atoms with Crippen LogP contribution in [0.3, 0.4) is 0 Å². The van der Waals surface area contributed by atoms with Crippen LogP contribution in [0.25, 0.3) is 0 Å². The van der Waals surface area contributed by atoms with E-state index in [0.29, 0.717) is 12.4 Å². The second-order valence-corrected chi connectivity index (χ2v) is 6.12. The van der Waals surface area contributed by atoms with E-state index in [2.05, 4.69) is 16.6 Å². The van der Waals surface area contributed by atoms with Gasteiger partial charge in [0.2, 0.25) is 5.91 Å². The van der Waals surface area contributed by atoms with Crippen molar-refractivity contribution >= 4 is 17.8 Å². The third kappa shape index (κ3) is 11.5. The minimum atomic E-state index is -0.522. The van der Waals surface area contributed by atoms with Gasteiger partial charge in [0.05, 0.1) is 6.61 Å². The highest BCUT2D eigenvalue weighted by Gasteiger charge is 2.17. The fourth-order valence-corrected chi connectivity index (χ4v) is 1.63. The van der Waals surface area contributed by atoms with Crippen LogP contribution >= 0.6 is 0 Å². The molecule has 0 aliphatic carbocycles. The van der Waals surface area contributed by atoms with E-state index in [-0.39, 0.29) is 36.9 Å². The molecular formula is C20H29NO6. The van der Waals surface area contributed by atoms with Gasteiger partial charge in [0, 0.05) is 12.8 Å². The van der Waals surface area contributed by atoms with E-state index >= 15 is 0 Å². The maximum Gasteiger partial charge on any atom is 0.330 e. The Morgan fingerprint density at radius 2 is 1.78 bits per heavy atom. The molecule has 7 nitrogen and oxygen atoms in total. The average molecular weight is 379 g/mol. The molecule has 0 heterocycles. The van der Waals surface area contributed by atoms with Crippen molar-refractivity contribution < 1.29 is 29.0 Å². The molecule has 0 radical (unpaired) electrons. The second-order valence-electron chi connectivity index (χ2n) is 6.12. The SMILES string of the molecule is C=CCOC(C)=O.CC(C)[C@H](C)C(=O)NCC(=O)Oc1ccc(CO)cc1. The fourth-order valence-electron chi connectivity index (χ4n) is 1.63. The van der Waals surface area contributed by atoms with Crippen molar-refractivity contribution in [3.8, 4) is 5.75 Å². The van der Waals surface area contributed by atoms with Gasteiger partial charge in [-0.05, 0) is 23.6 Å². The first kappa shape index (κ1) is 24.3. The van der Waals surface area contributed by atoms with Gasteiger partial charge >= 0.3 is 11.9 Å². The minimum absolute atomic E-state index is 0.0582. The van der Waals surface area contributed by atoms with Crippen LogP contribution < -0.4 is 10.1 Å². The summed E-state index contributed by atoms with van der Waals surface area (Å²) in [5, 5.41) is 11.5. The van der Waals surface area contributed by atoms with Crippen LogP contribution in [0.4, 0.5) is 0 Å². The van der Waals surface area contributed by atoms with E-state index in [1.807, 2.05) is 20.8 Å². The summed E-state index contributed by atoms with van der Waals surface area (Å²) in [5.74, 6) is -0.486. The Labute approximate surface area is 160 Å². The van der Waals surface area contributed by atoms with E-state index in [1.165, 1.54) is 13.0 Å². The zero-order chi connectivity index (χ0) is 20.8. The summed E-state index contributed by atoms with van der Waals surface area (Å²) >= 11 is 0. The molecule has 0 spiro atoms. The summed E-state index contributed by atoms with van der Waals surface area (Å²) in [5.41, 5.74) is 0.740. The molecule has 1 amide bonds. The molecule has 1 aromatic rings. The summed E-state index contributed by atoms with van der Waals surface area (Å²) in [4.78, 5) is 33.2. The Balaban J connectivity index is 0.000000821. The summed E-state index contributed by atoms with van der Waals surface area (Å²) in [6.07, 6.45) is 1.53. The average Bonchev–Trinajstić information content (AvgIpc) is 2.64. The van der Waals surface area contributed by atoms with Gasteiger partial charge in [-0.1, -0.05) is 45.6 Å². The predicted molar refractivity (Wildman–Crippen MR) is 102 cm³/mol. The van der Waals surface area contributed by atoms with Crippen LogP contribution in [-0.2, 0) is 25.7 Å². The number of carbonyl (C=O) groups is 3. The molecule has 0 aromatic heterocycles. The molecule has 1 rings (SSSR count). The van der Waals surface area contributed by atoms with Gasteiger partial charge < -0.3 is 19.9 Å². The minimum Gasteiger partial charge on any atom is -0.462 e. The molecule has 2 N–H and O–H groups in total. The van der Waals surface area contributed by atoms with Crippen LogP contribution in [0.2, 0.25) is 0 Å². The fraction of sp³-hybridized carbons (Fsp3) is 0.450. The van der Waals surface area contributed by atoms with Gasteiger partial charge in [-0.2, -0.15) is 0 Å². The van der Waals surface area contributed by atoms with Crippen molar-refractivity contribution in [3.05, 3.63) is 42.5 Å². The van der Waals surface area contributed by atoms with Crippen molar-refractivity contribution in [1.29, 1.82) is 0 Å². The number of aliphatic hydroxyl groups is 1.